The molecule has 2 aromatic heterocycles. The predicted molar refractivity (Wildman–Crippen MR) is 161 cm³/mol. The molecule has 188 valence electrons. The van der Waals surface area contributed by atoms with Crippen molar-refractivity contribution in [3.63, 3.8) is 0 Å². The van der Waals surface area contributed by atoms with Crippen molar-refractivity contribution in [2.45, 2.75) is 63.3 Å². The highest BCUT2D eigenvalue weighted by Crippen LogP contribution is 2.64. The zero-order valence-corrected chi connectivity index (χ0v) is 25.1. The van der Waals surface area contributed by atoms with Gasteiger partial charge in [-0.05, 0) is 109 Å². The lowest BCUT2D eigenvalue weighted by Crippen LogP contribution is -2.56. The van der Waals surface area contributed by atoms with Crippen LogP contribution in [0.15, 0.2) is 67.3 Å². The summed E-state index contributed by atoms with van der Waals surface area (Å²) in [5.74, 6) is 3.63. The van der Waals surface area contributed by atoms with Crippen LogP contribution in [0.25, 0.3) is 0 Å². The summed E-state index contributed by atoms with van der Waals surface area (Å²) >= 11 is 0. The van der Waals surface area contributed by atoms with Gasteiger partial charge in [-0.1, -0.05) is 55.2 Å². The summed E-state index contributed by atoms with van der Waals surface area (Å²) in [4.78, 5) is 9.06. The Labute approximate surface area is 222 Å². The van der Waals surface area contributed by atoms with Crippen LogP contribution in [0, 0.1) is 23.7 Å². The molecule has 0 radical (unpaired) electrons. The van der Waals surface area contributed by atoms with Gasteiger partial charge in [-0.2, -0.15) is 0 Å². The van der Waals surface area contributed by atoms with Gasteiger partial charge in [0.15, 0.2) is 0 Å². The Balaban J connectivity index is 1.50. The van der Waals surface area contributed by atoms with Crippen molar-refractivity contribution in [1.82, 2.24) is 9.97 Å². The van der Waals surface area contributed by atoms with E-state index in [0.29, 0.717) is 5.41 Å². The Hall–Kier alpha value is -1.40. The van der Waals surface area contributed by atoms with Gasteiger partial charge in [0.05, 0.1) is 8.07 Å². The lowest BCUT2D eigenvalue weighted by molar-refractivity contribution is -0.0520. The van der Waals surface area contributed by atoms with Gasteiger partial charge in [-0.15, -0.1) is 9.24 Å². The second-order valence-corrected chi connectivity index (χ2v) is 20.5. The molecule has 4 saturated carbocycles. The molecule has 4 fully saturated rings. The molecule has 4 atom stereocenters. The summed E-state index contributed by atoms with van der Waals surface area (Å²) in [5, 5.41) is 4.32. The van der Waals surface area contributed by atoms with E-state index in [9.17, 15) is 0 Å². The van der Waals surface area contributed by atoms with Crippen LogP contribution >= 0.6 is 17.2 Å². The maximum Gasteiger partial charge on any atom is 0.0776 e. The number of pyridine rings is 2. The first kappa shape index (κ1) is 24.9. The maximum atomic E-state index is 4.53. The zero-order chi connectivity index (χ0) is 24.9. The minimum Gasteiger partial charge on any atom is -0.264 e. The molecule has 4 bridgehead atoms. The van der Waals surface area contributed by atoms with Gasteiger partial charge in [0.2, 0.25) is 0 Å². The Morgan fingerprint density at radius 1 is 0.917 bits per heavy atom. The molecule has 2 nitrogen and oxygen atoms in total. The van der Waals surface area contributed by atoms with Crippen LogP contribution in [0.2, 0.25) is 19.6 Å². The summed E-state index contributed by atoms with van der Waals surface area (Å²) in [6, 6.07) is 16.6. The zero-order valence-electron chi connectivity index (χ0n) is 22.0. The van der Waals surface area contributed by atoms with Crippen molar-refractivity contribution >= 4 is 41.0 Å². The van der Waals surface area contributed by atoms with Gasteiger partial charge >= 0.3 is 0 Å². The van der Waals surface area contributed by atoms with Gasteiger partial charge in [0.25, 0.3) is 0 Å². The highest BCUT2D eigenvalue weighted by molar-refractivity contribution is 7.72. The van der Waals surface area contributed by atoms with Crippen LogP contribution in [0.1, 0.15) is 43.2 Å². The number of hydrogen-bond donors (Lipinski definition) is 0. The van der Waals surface area contributed by atoms with Crippen molar-refractivity contribution in [2.24, 2.45) is 23.7 Å². The topological polar surface area (TPSA) is 25.8 Å². The summed E-state index contributed by atoms with van der Waals surface area (Å²) in [7, 11) is 1.16. The monoisotopic (exact) mass is 530 g/mol. The van der Waals surface area contributed by atoms with Crippen molar-refractivity contribution in [3.05, 3.63) is 78.4 Å². The average molecular weight is 531 g/mol. The Morgan fingerprint density at radius 3 is 2.08 bits per heavy atom. The third-order valence-corrected chi connectivity index (χ3v) is 14.5. The molecule has 0 saturated heterocycles. The van der Waals surface area contributed by atoms with Gasteiger partial charge < -0.3 is 0 Å². The van der Waals surface area contributed by atoms with E-state index in [1.54, 1.807) is 16.3 Å². The first-order valence-corrected chi connectivity index (χ1v) is 19.6. The first-order chi connectivity index (χ1) is 17.4. The second-order valence-electron chi connectivity index (χ2n) is 12.7. The first-order valence-electron chi connectivity index (χ1n) is 13.8. The fourth-order valence-electron chi connectivity index (χ4n) is 8.19. The van der Waals surface area contributed by atoms with E-state index < -0.39 is 16.0 Å². The van der Waals surface area contributed by atoms with Crippen molar-refractivity contribution in [1.29, 1.82) is 0 Å². The highest BCUT2D eigenvalue weighted by Gasteiger charge is 2.57. The number of aromatic nitrogens is 2. The quantitative estimate of drug-likeness (QED) is 0.268. The molecule has 4 unspecified atom stereocenters. The Kier molecular flexibility index (Phi) is 6.73. The van der Waals surface area contributed by atoms with Gasteiger partial charge in [-0.25, -0.2) is 0 Å². The molecule has 1 aromatic carbocycles. The van der Waals surface area contributed by atoms with Crippen molar-refractivity contribution in [2.75, 3.05) is 6.16 Å². The number of nitrogens with zero attached hydrogens (tertiary/aromatic N) is 2. The number of benzene rings is 1. The Bertz CT molecular complexity index is 1160. The minimum atomic E-state index is -1.43. The van der Waals surface area contributed by atoms with E-state index in [4.69, 9.17) is 0 Å². The number of hydrogen-bond acceptors (Lipinski definition) is 2. The van der Waals surface area contributed by atoms with Crippen LogP contribution in [0.4, 0.5) is 0 Å². The van der Waals surface area contributed by atoms with Gasteiger partial charge in [0.1, 0.15) is 0 Å². The minimum absolute atomic E-state index is 0.370. The molecule has 7 rings (SSSR count). The van der Waals surface area contributed by atoms with Crippen molar-refractivity contribution in [3.8, 4) is 0 Å². The van der Waals surface area contributed by atoms with E-state index in [-0.39, 0.29) is 0 Å². The van der Waals surface area contributed by atoms with Crippen LogP contribution in [0.5, 0.6) is 0 Å². The van der Waals surface area contributed by atoms with Crippen LogP contribution in [0.3, 0.4) is 0 Å². The summed E-state index contributed by atoms with van der Waals surface area (Å²) in [5.41, 5.74) is 3.70. The van der Waals surface area contributed by atoms with Crippen LogP contribution in [-0.2, 0) is 11.6 Å². The molecule has 0 spiro atoms. The molecular weight excluding hydrogens is 490 g/mol. The largest absolute Gasteiger partial charge is 0.264 e. The normalized spacial score (nSPS) is 29.1. The fraction of sp³-hybridized carbons (Fsp3) is 0.484. The molecule has 3 aromatic rings. The van der Waals surface area contributed by atoms with Crippen molar-refractivity contribution < 1.29 is 0 Å². The van der Waals surface area contributed by atoms with E-state index in [2.05, 4.69) is 93.7 Å². The second kappa shape index (κ2) is 9.72. The molecule has 0 amide bonds. The number of rotatable bonds is 7. The molecule has 4 aliphatic rings. The van der Waals surface area contributed by atoms with E-state index in [1.165, 1.54) is 48.9 Å². The van der Waals surface area contributed by atoms with Gasteiger partial charge in [-0.3, -0.25) is 9.97 Å². The van der Waals surface area contributed by atoms with Gasteiger partial charge in [0, 0.05) is 30.9 Å². The molecule has 36 heavy (non-hydrogen) atoms. The van der Waals surface area contributed by atoms with E-state index in [0.717, 1.165) is 29.8 Å². The van der Waals surface area contributed by atoms with Crippen LogP contribution < -0.4 is 15.8 Å². The highest BCUT2D eigenvalue weighted by atomic mass is 31.1. The lowest BCUT2D eigenvalue weighted by Gasteiger charge is -2.62. The predicted octanol–water partition coefficient (Wildman–Crippen LogP) is 6.22. The molecule has 0 N–H and O–H groups in total. The summed E-state index contributed by atoms with van der Waals surface area (Å²) in [6.07, 6.45) is 17.6. The standard InChI is InChI=1S/C31H40N2P2Si/c1-36(2,3)28-8-9-29(31-16-22-12-23(17-31)14-24(13-22)30(31)20-34)25(15-28)21-35(26-6-4-10-32-18-26)27-7-5-11-33-19-27/h4-11,15,18-19,22-24,30H,12-14,16-17,20-21,34H2,1-3H3. The smallest absolute Gasteiger partial charge is 0.0776 e. The van der Waals surface area contributed by atoms with Crippen LogP contribution in [-0.4, -0.2) is 24.2 Å². The van der Waals surface area contributed by atoms with E-state index in [1.807, 2.05) is 12.4 Å². The van der Waals surface area contributed by atoms with E-state index >= 15 is 0 Å². The maximum absolute atomic E-state index is 4.53. The Morgan fingerprint density at radius 2 is 1.56 bits per heavy atom. The third-order valence-electron chi connectivity index (χ3n) is 9.53. The molecule has 5 heteroatoms. The lowest BCUT2D eigenvalue weighted by atomic mass is 9.43. The summed E-state index contributed by atoms with van der Waals surface area (Å²) in [6.45, 7) is 7.48. The molecule has 0 aliphatic heterocycles. The summed E-state index contributed by atoms with van der Waals surface area (Å²) < 4.78 is 0. The average Bonchev–Trinajstić information content (AvgIpc) is 2.87. The SMILES string of the molecule is C[Si](C)(C)c1ccc(C23CC4CC(CC(C4)C2CP)C3)c(CP(c2cccnc2)c2cccnc2)c1. The third kappa shape index (κ3) is 4.44. The molecule has 4 aliphatic carbocycles. The molecule has 2 heterocycles. The molecular formula is C31H40N2P2Si. The fourth-order valence-corrected chi connectivity index (χ4v) is 12.4.